The van der Waals surface area contributed by atoms with Gasteiger partial charge in [0.2, 0.25) is 0 Å². The Hall–Kier alpha value is -4.18. The first-order valence-electron chi connectivity index (χ1n) is 10.1. The Labute approximate surface area is 186 Å². The molecular weight excluding hydrogens is 400 g/mol. The molecule has 4 aromatic rings. The Balaban J connectivity index is 1.69. The third kappa shape index (κ3) is 4.44. The molecule has 158 valence electrons. The molecule has 0 aliphatic rings. The van der Waals surface area contributed by atoms with Crippen molar-refractivity contribution in [3.8, 4) is 22.6 Å². The highest BCUT2D eigenvalue weighted by Crippen LogP contribution is 2.31. The van der Waals surface area contributed by atoms with E-state index in [-0.39, 0.29) is 0 Å². The first-order valence-corrected chi connectivity index (χ1v) is 10.1. The van der Waals surface area contributed by atoms with E-state index in [0.29, 0.717) is 22.6 Å². The second-order valence-electron chi connectivity index (χ2n) is 7.79. The van der Waals surface area contributed by atoms with Gasteiger partial charge in [-0.2, -0.15) is 0 Å². The highest BCUT2D eigenvalue weighted by Gasteiger charge is 2.09. The average molecular weight is 422 g/mol. The number of benzene rings is 4. The van der Waals surface area contributed by atoms with Crippen molar-refractivity contribution in [3.05, 3.63) is 97.1 Å². The van der Waals surface area contributed by atoms with Crippen LogP contribution in [0.25, 0.3) is 32.7 Å². The summed E-state index contributed by atoms with van der Waals surface area (Å²) in [4.78, 5) is 23.7. The summed E-state index contributed by atoms with van der Waals surface area (Å²) in [6.07, 6.45) is 0. The molecule has 0 saturated heterocycles. The first kappa shape index (κ1) is 21.1. The molecule has 0 heterocycles. The van der Waals surface area contributed by atoms with E-state index in [1.165, 1.54) is 0 Å². The number of hydrogen-bond acceptors (Lipinski definition) is 4. The molecule has 0 spiro atoms. The van der Waals surface area contributed by atoms with Crippen LogP contribution in [0.4, 0.5) is 0 Å². The zero-order valence-corrected chi connectivity index (χ0v) is 18.0. The van der Waals surface area contributed by atoms with Gasteiger partial charge in [0, 0.05) is 11.1 Å². The predicted molar refractivity (Wildman–Crippen MR) is 128 cm³/mol. The van der Waals surface area contributed by atoms with Crippen LogP contribution < -0.4 is 9.47 Å². The van der Waals surface area contributed by atoms with Crippen LogP contribution in [0.2, 0.25) is 0 Å². The monoisotopic (exact) mass is 422 g/mol. The van der Waals surface area contributed by atoms with Crippen LogP contribution in [-0.2, 0) is 9.59 Å². The lowest BCUT2D eigenvalue weighted by Gasteiger charge is -2.09. The van der Waals surface area contributed by atoms with Crippen LogP contribution in [0.3, 0.4) is 0 Å². The molecule has 0 N–H and O–H groups in total. The van der Waals surface area contributed by atoms with E-state index < -0.39 is 11.9 Å². The minimum absolute atomic E-state index is 0.350. The van der Waals surface area contributed by atoms with Gasteiger partial charge < -0.3 is 9.47 Å². The van der Waals surface area contributed by atoms with Crippen molar-refractivity contribution < 1.29 is 19.1 Å². The van der Waals surface area contributed by atoms with Crippen LogP contribution in [0, 0.1) is 0 Å². The van der Waals surface area contributed by atoms with Crippen LogP contribution in [0.5, 0.6) is 11.5 Å². The maximum absolute atomic E-state index is 11.8. The second-order valence-corrected chi connectivity index (χ2v) is 7.79. The molecule has 0 radical (unpaired) electrons. The summed E-state index contributed by atoms with van der Waals surface area (Å²) in [6.45, 7) is 10.5. The highest BCUT2D eigenvalue weighted by atomic mass is 16.5. The molecule has 0 unspecified atom stereocenters. The minimum atomic E-state index is -0.446. The number of ether oxygens (including phenoxy) is 2. The molecule has 0 bridgehead atoms. The lowest BCUT2D eigenvalue weighted by atomic mass is 9.98. The predicted octanol–water partition coefficient (Wildman–Crippen LogP) is 6.62. The highest BCUT2D eigenvalue weighted by molar-refractivity contribution is 5.94. The SMILES string of the molecule is C=C(C)C(=O)Oc1ccc2ccc(-c3ccc4ccc(OC(=O)C(=C)C)cc4c3)cc2c1. The largest absolute Gasteiger partial charge is 0.423 e. The number of carbonyl (C=O) groups is 2. The molecule has 0 fully saturated rings. The van der Waals surface area contributed by atoms with Crippen LogP contribution in [-0.4, -0.2) is 11.9 Å². The van der Waals surface area contributed by atoms with Gasteiger partial charge in [-0.3, -0.25) is 0 Å². The molecule has 0 aliphatic heterocycles. The van der Waals surface area contributed by atoms with Crippen molar-refractivity contribution in [2.24, 2.45) is 0 Å². The second kappa shape index (κ2) is 8.52. The van der Waals surface area contributed by atoms with Gasteiger partial charge in [-0.05, 0) is 82.9 Å². The zero-order chi connectivity index (χ0) is 22.8. The van der Waals surface area contributed by atoms with E-state index in [1.807, 2.05) is 48.5 Å². The molecule has 0 atom stereocenters. The summed E-state index contributed by atoms with van der Waals surface area (Å²) in [5.74, 6) is 0.0617. The van der Waals surface area contributed by atoms with Crippen molar-refractivity contribution >= 4 is 33.5 Å². The quantitative estimate of drug-likeness (QED) is 0.206. The Morgan fingerprint density at radius 1 is 0.562 bits per heavy atom. The fourth-order valence-electron chi connectivity index (χ4n) is 3.32. The molecule has 0 saturated carbocycles. The van der Waals surface area contributed by atoms with Gasteiger partial charge in [-0.1, -0.05) is 49.6 Å². The van der Waals surface area contributed by atoms with Gasteiger partial charge in [0.05, 0.1) is 0 Å². The fraction of sp³-hybridized carbons (Fsp3) is 0.0714. The van der Waals surface area contributed by atoms with Gasteiger partial charge in [0.25, 0.3) is 0 Å². The molecular formula is C28H22O4. The molecule has 0 aromatic heterocycles. The number of fused-ring (bicyclic) bond motifs is 2. The topological polar surface area (TPSA) is 52.6 Å². The van der Waals surface area contributed by atoms with E-state index >= 15 is 0 Å². The molecule has 4 heteroatoms. The normalized spacial score (nSPS) is 10.7. The Morgan fingerprint density at radius 2 is 0.938 bits per heavy atom. The van der Waals surface area contributed by atoms with Gasteiger partial charge in [-0.25, -0.2) is 9.59 Å². The molecule has 4 nitrogen and oxygen atoms in total. The summed E-state index contributed by atoms with van der Waals surface area (Å²) in [5, 5.41) is 4.00. The maximum Gasteiger partial charge on any atom is 0.338 e. The first-order chi connectivity index (χ1) is 15.3. The lowest BCUT2D eigenvalue weighted by molar-refractivity contribution is -0.130. The number of carbonyl (C=O) groups excluding carboxylic acids is 2. The van der Waals surface area contributed by atoms with E-state index in [1.54, 1.807) is 26.0 Å². The number of hydrogen-bond donors (Lipinski definition) is 0. The van der Waals surface area contributed by atoms with Crippen molar-refractivity contribution in [3.63, 3.8) is 0 Å². The lowest BCUT2D eigenvalue weighted by Crippen LogP contribution is -2.07. The minimum Gasteiger partial charge on any atom is -0.423 e. The summed E-state index contributed by atoms with van der Waals surface area (Å²) in [5.41, 5.74) is 2.74. The van der Waals surface area contributed by atoms with E-state index in [4.69, 9.17) is 9.47 Å². The van der Waals surface area contributed by atoms with Crippen LogP contribution in [0.1, 0.15) is 13.8 Å². The standard InChI is InChI=1S/C28H22O4/c1-17(2)27(29)31-25-11-9-19-5-7-21(13-23(19)15-25)22-8-6-20-10-12-26(16-24(20)14-22)32-28(30)18(3)4/h5-16H,1,3H2,2,4H3. The van der Waals surface area contributed by atoms with E-state index in [9.17, 15) is 9.59 Å². The zero-order valence-electron chi connectivity index (χ0n) is 18.0. The van der Waals surface area contributed by atoms with Gasteiger partial charge in [-0.15, -0.1) is 0 Å². The third-order valence-electron chi connectivity index (χ3n) is 5.07. The molecule has 4 rings (SSSR count). The van der Waals surface area contributed by atoms with E-state index in [2.05, 4.69) is 25.3 Å². The Bertz CT molecular complexity index is 1300. The molecule has 4 aromatic carbocycles. The number of rotatable bonds is 5. The van der Waals surface area contributed by atoms with Crippen LogP contribution in [0.15, 0.2) is 97.1 Å². The summed E-state index contributed by atoms with van der Waals surface area (Å²) in [7, 11) is 0. The third-order valence-corrected chi connectivity index (χ3v) is 5.07. The molecule has 0 amide bonds. The number of esters is 2. The van der Waals surface area contributed by atoms with Gasteiger partial charge in [0.15, 0.2) is 0 Å². The summed E-state index contributed by atoms with van der Waals surface area (Å²) < 4.78 is 10.7. The smallest absolute Gasteiger partial charge is 0.338 e. The van der Waals surface area contributed by atoms with Crippen molar-refractivity contribution in [1.82, 2.24) is 0 Å². The van der Waals surface area contributed by atoms with Gasteiger partial charge in [0.1, 0.15) is 11.5 Å². The Kier molecular flexibility index (Phi) is 5.61. The summed E-state index contributed by atoms with van der Waals surface area (Å²) >= 11 is 0. The molecule has 32 heavy (non-hydrogen) atoms. The fourth-order valence-corrected chi connectivity index (χ4v) is 3.32. The van der Waals surface area contributed by atoms with Crippen LogP contribution >= 0.6 is 0 Å². The van der Waals surface area contributed by atoms with Crippen molar-refractivity contribution in [2.45, 2.75) is 13.8 Å². The molecule has 0 aliphatic carbocycles. The van der Waals surface area contributed by atoms with Crippen molar-refractivity contribution in [2.75, 3.05) is 0 Å². The summed E-state index contributed by atoms with van der Waals surface area (Å²) in [6, 6.07) is 23.3. The van der Waals surface area contributed by atoms with Gasteiger partial charge >= 0.3 is 11.9 Å². The Morgan fingerprint density at radius 3 is 1.31 bits per heavy atom. The average Bonchev–Trinajstić information content (AvgIpc) is 2.77. The van der Waals surface area contributed by atoms with E-state index in [0.717, 1.165) is 32.7 Å². The maximum atomic E-state index is 11.8. The van der Waals surface area contributed by atoms with Crippen molar-refractivity contribution in [1.29, 1.82) is 0 Å².